The number of rotatable bonds is 30. The van der Waals surface area contributed by atoms with Gasteiger partial charge in [0, 0.05) is 32.7 Å². The lowest BCUT2D eigenvalue weighted by molar-refractivity contribution is -0.334. The summed E-state index contributed by atoms with van der Waals surface area (Å²) in [4.78, 5) is 69.4. The van der Waals surface area contributed by atoms with Crippen LogP contribution in [0.4, 0.5) is 0 Å². The van der Waals surface area contributed by atoms with E-state index in [9.17, 15) is 54.9 Å². The fraction of sp³-hybridized carbons (Fsp3) is 0.810. The SMILES string of the molecule is NC(N)=NCCC[C@H](N)C(=O)NC[C@H]1O[C@H](O[C@H]2[C@H](O)[C@@H](O[C@H]3O[C@H](CO)[C@@H](O)[C@H](NC(=O)[C@@H](N)CCCN=C(N)N)[C@H]3O)[C@H](NC(=O)[C@@H](N)CCCN=C(N)N)C[C@@H]2NC(=O)[C@@H](N)CCCN=C(N)N)[C@H](O)[C@@H](O)[C@@H]1O. The van der Waals surface area contributed by atoms with Gasteiger partial charge < -0.3 is 145 Å². The summed E-state index contributed by atoms with van der Waals surface area (Å²) in [5, 5.41) is 89.5. The first-order valence-electron chi connectivity index (χ1n) is 25.0. The molecule has 4 amide bonds. The van der Waals surface area contributed by atoms with Crippen LogP contribution in [0.15, 0.2) is 20.0 Å². The second kappa shape index (κ2) is 32.3. The maximum Gasteiger partial charge on any atom is 0.237 e. The normalized spacial score (nSPS) is 30.7. The summed E-state index contributed by atoms with van der Waals surface area (Å²) >= 11 is 0. The Hall–Kier alpha value is -5.64. The van der Waals surface area contributed by atoms with Crippen molar-refractivity contribution in [2.75, 3.05) is 39.3 Å². The maximum atomic E-state index is 13.9. The first kappa shape index (κ1) is 65.6. The molecular formula is C42H84N20O15. The van der Waals surface area contributed by atoms with Crippen LogP contribution in [0, 0.1) is 0 Å². The molecular weight excluding hydrogens is 1020 g/mol. The zero-order valence-corrected chi connectivity index (χ0v) is 42.7. The molecule has 35 heteroatoms. The first-order valence-corrected chi connectivity index (χ1v) is 25.0. The van der Waals surface area contributed by atoms with Gasteiger partial charge in [0.05, 0.1) is 48.9 Å². The Balaban J connectivity index is 2.06. The van der Waals surface area contributed by atoms with Crippen LogP contribution < -0.4 is 90.1 Å². The van der Waals surface area contributed by atoms with E-state index in [4.69, 9.17) is 87.8 Å². The van der Waals surface area contributed by atoms with Crippen molar-refractivity contribution in [1.29, 1.82) is 0 Å². The van der Waals surface area contributed by atoms with Crippen molar-refractivity contribution in [2.24, 2.45) is 88.8 Å². The Morgan fingerprint density at radius 3 is 1.23 bits per heavy atom. The molecule has 3 aliphatic rings. The van der Waals surface area contributed by atoms with Gasteiger partial charge in [0.15, 0.2) is 36.4 Å². The average Bonchev–Trinajstić information content (AvgIpc) is 3.37. The Bertz CT molecular complexity index is 1980. The number of carbonyl (C=O) groups excluding carboxylic acids is 4. The van der Waals surface area contributed by atoms with Gasteiger partial charge in [-0.2, -0.15) is 0 Å². The minimum Gasteiger partial charge on any atom is -0.394 e. The zero-order valence-electron chi connectivity index (χ0n) is 42.7. The Morgan fingerprint density at radius 2 is 0.844 bits per heavy atom. The smallest absolute Gasteiger partial charge is 0.237 e. The summed E-state index contributed by atoms with van der Waals surface area (Å²) in [6.07, 6.45) is -21.6. The van der Waals surface area contributed by atoms with Gasteiger partial charge in [-0.25, -0.2) is 0 Å². The van der Waals surface area contributed by atoms with Crippen molar-refractivity contribution < 1.29 is 73.9 Å². The highest BCUT2D eigenvalue weighted by Crippen LogP contribution is 2.33. The van der Waals surface area contributed by atoms with E-state index < -0.39 is 159 Å². The molecule has 1 saturated carbocycles. The number of amides is 4. The van der Waals surface area contributed by atoms with Gasteiger partial charge in [0.2, 0.25) is 23.6 Å². The molecule has 3 rings (SSSR count). The van der Waals surface area contributed by atoms with Crippen LogP contribution in [-0.2, 0) is 38.1 Å². The van der Waals surface area contributed by atoms with E-state index in [1.807, 2.05) is 0 Å². The third kappa shape index (κ3) is 20.9. The number of aliphatic hydroxyl groups is 7. The molecule has 19 atom stereocenters. The molecule has 2 saturated heterocycles. The van der Waals surface area contributed by atoms with E-state index in [1.165, 1.54) is 0 Å². The van der Waals surface area contributed by atoms with Gasteiger partial charge in [-0.05, 0) is 57.8 Å². The minimum atomic E-state index is -2.10. The van der Waals surface area contributed by atoms with Crippen LogP contribution in [0.1, 0.15) is 57.8 Å². The van der Waals surface area contributed by atoms with Gasteiger partial charge in [0.1, 0.15) is 61.0 Å². The first-order chi connectivity index (χ1) is 36.3. The van der Waals surface area contributed by atoms with Crippen LogP contribution in [0.3, 0.4) is 0 Å². The van der Waals surface area contributed by atoms with E-state index in [0.717, 1.165) is 0 Å². The van der Waals surface area contributed by atoms with Gasteiger partial charge in [0.25, 0.3) is 0 Å². The summed E-state index contributed by atoms with van der Waals surface area (Å²) in [7, 11) is 0. The van der Waals surface area contributed by atoms with Crippen LogP contribution in [0.5, 0.6) is 0 Å². The lowest BCUT2D eigenvalue weighted by Crippen LogP contribution is -2.71. The van der Waals surface area contributed by atoms with E-state index in [2.05, 4.69) is 41.2 Å². The highest BCUT2D eigenvalue weighted by atomic mass is 16.7. The van der Waals surface area contributed by atoms with Crippen molar-refractivity contribution in [3.05, 3.63) is 0 Å². The number of aliphatic hydroxyl groups excluding tert-OH is 7. The number of hydrogen-bond acceptors (Lipinski definition) is 23. The molecule has 0 aromatic carbocycles. The molecule has 35 nitrogen and oxygen atoms in total. The number of guanidine groups is 4. The number of nitrogens with one attached hydrogen (secondary N) is 4. The fourth-order valence-corrected chi connectivity index (χ4v) is 8.50. The molecule has 3 fully saturated rings. The number of nitrogens with zero attached hydrogens (tertiary/aromatic N) is 4. The van der Waals surface area contributed by atoms with Gasteiger partial charge in [-0.1, -0.05) is 0 Å². The van der Waals surface area contributed by atoms with Crippen molar-refractivity contribution in [1.82, 2.24) is 21.3 Å². The predicted octanol–water partition coefficient (Wildman–Crippen LogP) is -13.1. The molecule has 77 heavy (non-hydrogen) atoms. The van der Waals surface area contributed by atoms with Crippen LogP contribution in [0.25, 0.3) is 0 Å². The third-order valence-electron chi connectivity index (χ3n) is 12.8. The van der Waals surface area contributed by atoms with Crippen molar-refractivity contribution in [3.8, 4) is 0 Å². The lowest BCUT2D eigenvalue weighted by atomic mass is 9.82. The van der Waals surface area contributed by atoms with Crippen LogP contribution in [-0.4, -0.2) is 238 Å². The summed E-state index contributed by atoms with van der Waals surface area (Å²) in [5.74, 6) is -3.92. The molecule has 0 unspecified atom stereocenters. The van der Waals surface area contributed by atoms with E-state index in [0.29, 0.717) is 6.42 Å². The van der Waals surface area contributed by atoms with Crippen LogP contribution >= 0.6 is 0 Å². The molecule has 2 aliphatic heterocycles. The largest absolute Gasteiger partial charge is 0.394 e. The quantitative estimate of drug-likeness (QED) is 0.0180. The van der Waals surface area contributed by atoms with Gasteiger partial charge in [-0.3, -0.25) is 39.1 Å². The molecule has 0 radical (unpaired) electrons. The summed E-state index contributed by atoms with van der Waals surface area (Å²) in [6.45, 7) is -0.880. The summed E-state index contributed by atoms with van der Waals surface area (Å²) in [5.41, 5.74) is 67.8. The number of aliphatic imine (C=N–C) groups is 4. The number of hydrogen-bond donors (Lipinski definition) is 23. The van der Waals surface area contributed by atoms with Crippen molar-refractivity contribution in [2.45, 2.75) is 174 Å². The third-order valence-corrected chi connectivity index (χ3v) is 12.8. The minimum absolute atomic E-state index is 0.0282. The molecule has 0 bridgehead atoms. The Morgan fingerprint density at radius 1 is 0.481 bits per heavy atom. The number of ether oxygens (including phenoxy) is 4. The highest BCUT2D eigenvalue weighted by molar-refractivity contribution is 5.83. The van der Waals surface area contributed by atoms with Gasteiger partial charge >= 0.3 is 0 Å². The predicted molar refractivity (Wildman–Crippen MR) is 275 cm³/mol. The van der Waals surface area contributed by atoms with E-state index in [1.54, 1.807) is 0 Å². The molecule has 35 N–H and O–H groups in total. The molecule has 0 aromatic heterocycles. The van der Waals surface area contributed by atoms with Crippen molar-refractivity contribution in [3.63, 3.8) is 0 Å². The van der Waals surface area contributed by atoms with Gasteiger partial charge in [-0.15, -0.1) is 0 Å². The van der Waals surface area contributed by atoms with Crippen molar-refractivity contribution >= 4 is 47.5 Å². The molecule has 0 aromatic rings. The second-order valence-electron chi connectivity index (χ2n) is 18.9. The number of nitrogens with two attached hydrogens (primary N) is 12. The molecule has 1 aliphatic carbocycles. The summed E-state index contributed by atoms with van der Waals surface area (Å²) < 4.78 is 24.2. The highest BCUT2D eigenvalue weighted by Gasteiger charge is 2.54. The van der Waals surface area contributed by atoms with Crippen LogP contribution in [0.2, 0.25) is 0 Å². The Labute approximate surface area is 443 Å². The second-order valence-corrected chi connectivity index (χ2v) is 18.9. The standard InChI is InChI=1S/C42H84N20O15/c43-16(5-1-9-55-39(47)48)33(70)59-14-22-26(65)28(67)29(68)38(74-22)77-32-21(61-35(72)18(45)7-3-11-57-41(51)52)13-20(60-34(71)17(44)6-2-10-56-40(49)50)31(30(32)69)76-37-27(66)24(25(64)23(15-63)75-37)62-36(73)19(46)8-4-12-58-42(53)54/h16-32,37-38,63-69H,1-15,43-46H2,(H,59,70)(H,60,71)(H,61,72)(H,62,73)(H4,47,48,55)(H4,49,50,56)(H4,51,52,57)(H4,53,54,58)/t16-,17-,18-,19-,20+,21-,22+,23+,24-,25+,26+,27+,28-,29+,30+,31-,32+,37+,38+/m0/s1. The van der Waals surface area contributed by atoms with E-state index in [-0.39, 0.29) is 95.0 Å². The topological polar surface area (TPSA) is 657 Å². The number of carbonyl (C=O) groups is 4. The monoisotopic (exact) mass is 1110 g/mol. The summed E-state index contributed by atoms with van der Waals surface area (Å²) in [6, 6.07) is -9.28. The Kier molecular flexibility index (Phi) is 27.5. The molecule has 442 valence electrons. The average molecular weight is 1110 g/mol. The molecule has 2 heterocycles. The van der Waals surface area contributed by atoms with E-state index >= 15 is 0 Å². The molecule has 0 spiro atoms. The lowest BCUT2D eigenvalue weighted by Gasteiger charge is -2.50. The fourth-order valence-electron chi connectivity index (χ4n) is 8.50. The zero-order chi connectivity index (χ0) is 57.7. The maximum absolute atomic E-state index is 13.9.